The molecular formula is C35H37ClN4O6. The molecule has 0 saturated carbocycles. The number of hydrogen-bond donors (Lipinski definition) is 0. The number of esters is 1. The molecular weight excluding hydrogens is 608 g/mol. The van der Waals surface area contributed by atoms with Gasteiger partial charge in [0.15, 0.2) is 11.5 Å². The first-order valence-corrected chi connectivity index (χ1v) is 16.0. The number of fused-ring (bicyclic) bond motifs is 2. The number of carbonyl (C=O) groups is 1. The molecule has 2 atom stereocenters. The van der Waals surface area contributed by atoms with Gasteiger partial charge in [0.1, 0.15) is 29.4 Å². The summed E-state index contributed by atoms with van der Waals surface area (Å²) in [5.41, 5.74) is 3.79. The van der Waals surface area contributed by atoms with Crippen LogP contribution in [0, 0.1) is 0 Å². The van der Waals surface area contributed by atoms with Gasteiger partial charge < -0.3 is 28.3 Å². The number of methoxy groups -OCH3 is 1. The van der Waals surface area contributed by atoms with E-state index in [0.717, 1.165) is 67.4 Å². The molecule has 0 unspecified atom stereocenters. The summed E-state index contributed by atoms with van der Waals surface area (Å²) in [7, 11) is 1.38. The first kappa shape index (κ1) is 30.5. The highest BCUT2D eigenvalue weighted by Crippen LogP contribution is 2.49. The second-order valence-electron chi connectivity index (χ2n) is 12.1. The molecule has 2 aromatic heterocycles. The number of para-hydroxylation sites is 1. The van der Waals surface area contributed by atoms with Gasteiger partial charge in [-0.1, -0.05) is 36.4 Å². The third kappa shape index (κ3) is 5.81. The fraction of sp³-hybridized carbons (Fsp3) is 0.400. The van der Waals surface area contributed by atoms with Crippen molar-refractivity contribution in [1.82, 2.24) is 19.4 Å². The van der Waals surface area contributed by atoms with E-state index in [1.165, 1.54) is 7.11 Å². The van der Waals surface area contributed by atoms with Crippen molar-refractivity contribution in [3.63, 3.8) is 0 Å². The number of aromatic nitrogens is 3. The normalized spacial score (nSPS) is 21.2. The second kappa shape index (κ2) is 12.6. The van der Waals surface area contributed by atoms with Crippen molar-refractivity contribution in [2.75, 3.05) is 33.4 Å². The highest BCUT2D eigenvalue weighted by molar-refractivity contribution is 6.30. The van der Waals surface area contributed by atoms with Crippen LogP contribution >= 0.6 is 11.6 Å². The molecule has 0 radical (unpaired) electrons. The highest BCUT2D eigenvalue weighted by atomic mass is 35.5. The molecule has 2 saturated heterocycles. The van der Waals surface area contributed by atoms with Crippen LogP contribution in [-0.2, 0) is 28.4 Å². The molecule has 0 N–H and O–H groups in total. The lowest BCUT2D eigenvalue weighted by Gasteiger charge is -2.33. The van der Waals surface area contributed by atoms with E-state index in [0.29, 0.717) is 53.2 Å². The van der Waals surface area contributed by atoms with Gasteiger partial charge in [0.2, 0.25) is 0 Å². The molecule has 46 heavy (non-hydrogen) atoms. The van der Waals surface area contributed by atoms with Crippen molar-refractivity contribution in [3.05, 3.63) is 89.0 Å². The Bertz CT molecular complexity index is 1760. The number of carbonyl (C=O) groups excluding carboxylic acids is 1. The molecule has 5 heterocycles. The fourth-order valence-electron chi connectivity index (χ4n) is 6.51. The fourth-order valence-corrected chi connectivity index (χ4v) is 6.62. The van der Waals surface area contributed by atoms with Crippen LogP contribution < -0.4 is 14.2 Å². The molecule has 4 aromatic rings. The summed E-state index contributed by atoms with van der Waals surface area (Å²) in [6.07, 6.45) is 6.30. The van der Waals surface area contributed by atoms with Crippen molar-refractivity contribution in [2.24, 2.45) is 0 Å². The summed E-state index contributed by atoms with van der Waals surface area (Å²) in [5.74, 6) is 1.84. The van der Waals surface area contributed by atoms with Crippen LogP contribution in [0.3, 0.4) is 0 Å². The van der Waals surface area contributed by atoms with Crippen molar-refractivity contribution >= 4 is 28.6 Å². The number of halogens is 1. The summed E-state index contributed by atoms with van der Waals surface area (Å²) >= 11 is 6.07. The number of likely N-dealkylation sites (tertiary alicyclic amines) is 1. The Morgan fingerprint density at radius 2 is 2.00 bits per heavy atom. The van der Waals surface area contributed by atoms with Crippen LogP contribution in [0.15, 0.2) is 61.3 Å². The number of ether oxygens (including phenoxy) is 5. The SMILES string of the molecule is C=CCOc1cc(C(=O)OC)cc2c1nc(CN1CCC(c3cccc4c3O[C@@](C)(c3ccc(Cl)cn3)O4)CC1)n2C[C@@H]1CCO1. The molecule has 240 valence electrons. The van der Waals surface area contributed by atoms with E-state index in [1.807, 2.05) is 31.2 Å². The topological polar surface area (TPSA) is 97.2 Å². The van der Waals surface area contributed by atoms with E-state index in [2.05, 4.69) is 27.1 Å². The first-order valence-electron chi connectivity index (χ1n) is 15.7. The standard InChI is InChI=1S/C35H37ClN4O6/c1-4-15-44-29-18-23(34(41)42-3)17-27-32(29)38-31(40(27)20-25-12-16-43-25)21-39-13-10-22(11-14-39)26-6-5-7-28-33(26)46-35(2,45-28)30-9-8-24(36)19-37-30/h4-9,17-19,22,25H,1,10-16,20-21H2,2-3H3/t25-,35-/m0/s1. The summed E-state index contributed by atoms with van der Waals surface area (Å²) in [6.45, 7) is 9.82. The summed E-state index contributed by atoms with van der Waals surface area (Å²) in [4.78, 5) is 24.5. The van der Waals surface area contributed by atoms with E-state index < -0.39 is 11.8 Å². The zero-order valence-corrected chi connectivity index (χ0v) is 26.8. The molecule has 0 bridgehead atoms. The Kier molecular flexibility index (Phi) is 8.35. The number of pyridine rings is 1. The van der Waals surface area contributed by atoms with Crippen LogP contribution in [0.25, 0.3) is 11.0 Å². The molecule has 11 heteroatoms. The lowest BCUT2D eigenvalue weighted by molar-refractivity contribution is -0.0722. The van der Waals surface area contributed by atoms with Gasteiger partial charge in [-0.25, -0.2) is 9.78 Å². The van der Waals surface area contributed by atoms with Crippen LogP contribution in [-0.4, -0.2) is 64.9 Å². The van der Waals surface area contributed by atoms with Crippen molar-refractivity contribution in [2.45, 2.75) is 57.1 Å². The van der Waals surface area contributed by atoms with Gasteiger partial charge in [0, 0.05) is 25.3 Å². The van der Waals surface area contributed by atoms with Crippen LogP contribution in [0.2, 0.25) is 5.02 Å². The van der Waals surface area contributed by atoms with Gasteiger partial charge >= 0.3 is 5.97 Å². The van der Waals surface area contributed by atoms with Crippen LogP contribution in [0.5, 0.6) is 17.2 Å². The van der Waals surface area contributed by atoms with Crippen molar-refractivity contribution in [3.8, 4) is 17.2 Å². The number of imidazole rings is 1. The molecule has 0 amide bonds. The van der Waals surface area contributed by atoms with Gasteiger partial charge in [0.25, 0.3) is 5.79 Å². The number of rotatable bonds is 10. The number of hydrogen-bond acceptors (Lipinski definition) is 9. The molecule has 0 spiro atoms. The van der Waals surface area contributed by atoms with Crippen LogP contribution in [0.1, 0.15) is 59.5 Å². The Balaban J connectivity index is 1.11. The predicted octanol–water partition coefficient (Wildman–Crippen LogP) is 6.25. The maximum absolute atomic E-state index is 12.6. The molecule has 7 rings (SSSR count). The third-order valence-corrected chi connectivity index (χ3v) is 9.28. The van der Waals surface area contributed by atoms with E-state index in [1.54, 1.807) is 24.4 Å². The largest absolute Gasteiger partial charge is 0.487 e. The zero-order valence-electron chi connectivity index (χ0n) is 26.0. The Morgan fingerprint density at radius 3 is 2.70 bits per heavy atom. The maximum Gasteiger partial charge on any atom is 0.338 e. The summed E-state index contributed by atoms with van der Waals surface area (Å²) < 4.78 is 31.8. The summed E-state index contributed by atoms with van der Waals surface area (Å²) in [5, 5.41) is 0.565. The Labute approximate surface area is 272 Å². The number of piperidine rings is 1. The lowest BCUT2D eigenvalue weighted by atomic mass is 9.88. The van der Waals surface area contributed by atoms with E-state index >= 15 is 0 Å². The zero-order chi connectivity index (χ0) is 31.8. The molecule has 10 nitrogen and oxygen atoms in total. The highest BCUT2D eigenvalue weighted by Gasteiger charge is 2.42. The number of benzene rings is 2. The van der Waals surface area contributed by atoms with Gasteiger partial charge in [-0.05, 0) is 68.6 Å². The maximum atomic E-state index is 12.6. The summed E-state index contributed by atoms with van der Waals surface area (Å²) in [6, 6.07) is 13.3. The van der Waals surface area contributed by atoms with Gasteiger partial charge in [0.05, 0.1) is 42.4 Å². The smallest absolute Gasteiger partial charge is 0.338 e. The minimum atomic E-state index is -1.02. The van der Waals surface area contributed by atoms with Crippen molar-refractivity contribution < 1.29 is 28.5 Å². The van der Waals surface area contributed by atoms with Crippen LogP contribution in [0.4, 0.5) is 0 Å². The lowest BCUT2D eigenvalue weighted by Crippen LogP contribution is -2.35. The molecule has 3 aliphatic rings. The van der Waals surface area contributed by atoms with Gasteiger partial charge in [-0.15, -0.1) is 0 Å². The van der Waals surface area contributed by atoms with E-state index in [4.69, 9.17) is 40.3 Å². The first-order chi connectivity index (χ1) is 22.3. The van der Waals surface area contributed by atoms with Gasteiger partial charge in [-0.2, -0.15) is 0 Å². The van der Waals surface area contributed by atoms with E-state index in [-0.39, 0.29) is 6.10 Å². The monoisotopic (exact) mass is 644 g/mol. The molecule has 2 fully saturated rings. The minimum absolute atomic E-state index is 0.109. The van der Waals surface area contributed by atoms with Gasteiger partial charge in [-0.3, -0.25) is 9.88 Å². The molecule has 0 aliphatic carbocycles. The third-order valence-electron chi connectivity index (χ3n) is 9.05. The Morgan fingerprint density at radius 1 is 1.17 bits per heavy atom. The van der Waals surface area contributed by atoms with E-state index in [9.17, 15) is 4.79 Å². The average molecular weight is 645 g/mol. The van der Waals surface area contributed by atoms with Crippen molar-refractivity contribution in [1.29, 1.82) is 0 Å². The molecule has 3 aliphatic heterocycles. The quantitative estimate of drug-likeness (QED) is 0.147. The molecule has 2 aromatic carbocycles. The Hall–Kier alpha value is -4.12. The second-order valence-corrected chi connectivity index (χ2v) is 12.5. The average Bonchev–Trinajstić information content (AvgIpc) is 3.58. The number of nitrogens with zero attached hydrogens (tertiary/aromatic N) is 4. The minimum Gasteiger partial charge on any atom is -0.487 e. The predicted molar refractivity (Wildman–Crippen MR) is 173 cm³/mol.